The van der Waals surface area contributed by atoms with Gasteiger partial charge in [0.25, 0.3) is 5.91 Å². The molecule has 3 heterocycles. The number of hydrogen-bond acceptors (Lipinski definition) is 8. The lowest BCUT2D eigenvalue weighted by Crippen LogP contribution is -2.24. The third kappa shape index (κ3) is 5.44. The van der Waals surface area contributed by atoms with Crippen LogP contribution in [-0.2, 0) is 18.6 Å². The van der Waals surface area contributed by atoms with Crippen LogP contribution in [0.25, 0.3) is 0 Å². The van der Waals surface area contributed by atoms with E-state index in [1.54, 1.807) is 32.0 Å². The molecule has 0 bridgehead atoms. The number of fused-ring (bicyclic) bond motifs is 1. The molecule has 1 aliphatic rings. The van der Waals surface area contributed by atoms with Gasteiger partial charge in [-0.2, -0.15) is 4.98 Å². The van der Waals surface area contributed by atoms with Crippen molar-refractivity contribution >= 4 is 29.2 Å². The summed E-state index contributed by atoms with van der Waals surface area (Å²) in [7, 11) is 0. The smallest absolute Gasteiger partial charge is 0.256 e. The molecule has 2 aromatic heterocycles. The Kier molecular flexibility index (Phi) is 6.52. The average Bonchev–Trinajstić information content (AvgIpc) is 2.79. The van der Waals surface area contributed by atoms with Crippen LogP contribution in [0.15, 0.2) is 42.6 Å². The van der Waals surface area contributed by atoms with E-state index in [9.17, 15) is 9.90 Å². The molecular formula is C24H29N7O2. The third-order valence-electron chi connectivity index (χ3n) is 5.34. The van der Waals surface area contributed by atoms with Gasteiger partial charge in [0.2, 0.25) is 5.95 Å². The molecule has 1 amide bonds. The van der Waals surface area contributed by atoms with Crippen molar-refractivity contribution in [3.05, 3.63) is 65.0 Å². The van der Waals surface area contributed by atoms with Crippen molar-refractivity contribution in [1.82, 2.24) is 25.6 Å². The molecule has 172 valence electrons. The van der Waals surface area contributed by atoms with Gasteiger partial charge in [-0.1, -0.05) is 12.1 Å². The molecule has 0 saturated heterocycles. The molecule has 3 aromatic rings. The van der Waals surface area contributed by atoms with Gasteiger partial charge in [-0.05, 0) is 69.1 Å². The number of aromatic nitrogens is 3. The second kappa shape index (κ2) is 9.51. The highest BCUT2D eigenvalue weighted by Crippen LogP contribution is 2.25. The molecule has 0 radical (unpaired) electrons. The summed E-state index contributed by atoms with van der Waals surface area (Å²) in [6.45, 7) is 7.49. The summed E-state index contributed by atoms with van der Waals surface area (Å²) in [5.74, 6) is 0.858. The van der Waals surface area contributed by atoms with Crippen LogP contribution in [0, 0.1) is 0 Å². The van der Waals surface area contributed by atoms with Crippen molar-refractivity contribution in [2.45, 2.75) is 39.3 Å². The van der Waals surface area contributed by atoms with E-state index < -0.39 is 5.60 Å². The van der Waals surface area contributed by atoms with Crippen molar-refractivity contribution < 1.29 is 9.90 Å². The average molecular weight is 448 g/mol. The summed E-state index contributed by atoms with van der Waals surface area (Å²) < 4.78 is 0. The topological polar surface area (TPSA) is 124 Å². The van der Waals surface area contributed by atoms with Gasteiger partial charge in [0, 0.05) is 25.0 Å². The number of nitrogens with one attached hydrogen (secondary N) is 4. The van der Waals surface area contributed by atoms with Crippen molar-refractivity contribution in [2.24, 2.45) is 0 Å². The maximum atomic E-state index is 12.6. The quantitative estimate of drug-likeness (QED) is 0.374. The first-order valence-electron chi connectivity index (χ1n) is 11.0. The van der Waals surface area contributed by atoms with Crippen molar-refractivity contribution in [1.29, 1.82) is 0 Å². The normalized spacial score (nSPS) is 13.2. The van der Waals surface area contributed by atoms with Gasteiger partial charge < -0.3 is 26.4 Å². The molecule has 9 nitrogen and oxygen atoms in total. The summed E-state index contributed by atoms with van der Waals surface area (Å²) in [4.78, 5) is 26.0. The van der Waals surface area contributed by atoms with Crippen LogP contribution in [0.4, 0.5) is 23.3 Å². The maximum absolute atomic E-state index is 12.6. The number of benzene rings is 1. The van der Waals surface area contributed by atoms with Crippen LogP contribution in [-0.4, -0.2) is 39.1 Å². The summed E-state index contributed by atoms with van der Waals surface area (Å²) >= 11 is 0. The first kappa shape index (κ1) is 22.6. The van der Waals surface area contributed by atoms with E-state index in [4.69, 9.17) is 0 Å². The second-order valence-corrected chi connectivity index (χ2v) is 8.44. The Labute approximate surface area is 193 Å². The van der Waals surface area contributed by atoms with E-state index in [0.29, 0.717) is 35.4 Å². The molecule has 1 aliphatic heterocycles. The molecule has 5 N–H and O–H groups in total. The highest BCUT2D eigenvalue weighted by atomic mass is 16.3. The van der Waals surface area contributed by atoms with E-state index in [1.165, 1.54) is 17.3 Å². The highest BCUT2D eigenvalue weighted by molar-refractivity contribution is 5.99. The van der Waals surface area contributed by atoms with Gasteiger partial charge in [0.05, 0.1) is 5.69 Å². The van der Waals surface area contributed by atoms with Crippen molar-refractivity contribution in [2.75, 3.05) is 23.7 Å². The molecule has 1 aromatic carbocycles. The molecule has 9 heteroatoms. The standard InChI is InChI=1S/C24H29N7O2/c1-4-26-22(32)18-14-27-23(28-17-9-8-16-13-25-11-10-15(16)12-17)31-21(18)30-20-7-5-6-19(29-20)24(2,3)33/h5-9,12,14,25,33H,4,10-11,13H2,1-3H3,(H,26,32)(H2,27,28,29,30,31). The summed E-state index contributed by atoms with van der Waals surface area (Å²) in [6.07, 6.45) is 2.46. The second-order valence-electron chi connectivity index (χ2n) is 8.44. The number of carbonyl (C=O) groups excluding carboxylic acids is 1. The lowest BCUT2D eigenvalue weighted by atomic mass is 10.0. The lowest BCUT2D eigenvalue weighted by molar-refractivity contribution is 0.0740. The van der Waals surface area contributed by atoms with Crippen LogP contribution < -0.4 is 21.3 Å². The Hall–Kier alpha value is -3.56. The van der Waals surface area contributed by atoms with E-state index in [1.807, 2.05) is 13.0 Å². The Bertz CT molecular complexity index is 1160. The molecule has 0 unspecified atom stereocenters. The molecular weight excluding hydrogens is 418 g/mol. The Morgan fingerprint density at radius 2 is 2.00 bits per heavy atom. The first-order chi connectivity index (χ1) is 15.8. The van der Waals surface area contributed by atoms with Gasteiger partial charge in [-0.3, -0.25) is 4.79 Å². The number of rotatable bonds is 7. The van der Waals surface area contributed by atoms with Gasteiger partial charge in [-0.25, -0.2) is 9.97 Å². The number of carbonyl (C=O) groups is 1. The Balaban J connectivity index is 1.64. The van der Waals surface area contributed by atoms with Crippen LogP contribution in [0.5, 0.6) is 0 Å². The van der Waals surface area contributed by atoms with Gasteiger partial charge in [0.1, 0.15) is 22.8 Å². The van der Waals surface area contributed by atoms with E-state index >= 15 is 0 Å². The Morgan fingerprint density at radius 3 is 2.79 bits per heavy atom. The molecule has 0 atom stereocenters. The zero-order chi connectivity index (χ0) is 23.4. The summed E-state index contributed by atoms with van der Waals surface area (Å²) in [5, 5.41) is 22.8. The summed E-state index contributed by atoms with van der Waals surface area (Å²) in [5.41, 5.74) is 3.18. The lowest BCUT2D eigenvalue weighted by Gasteiger charge is -2.19. The van der Waals surface area contributed by atoms with E-state index in [-0.39, 0.29) is 5.91 Å². The van der Waals surface area contributed by atoms with Crippen LogP contribution in [0.1, 0.15) is 48.0 Å². The fourth-order valence-electron chi connectivity index (χ4n) is 3.61. The number of anilines is 4. The molecule has 33 heavy (non-hydrogen) atoms. The molecule has 4 rings (SSSR count). The largest absolute Gasteiger partial charge is 0.384 e. The van der Waals surface area contributed by atoms with Gasteiger partial charge >= 0.3 is 0 Å². The zero-order valence-corrected chi connectivity index (χ0v) is 19.1. The minimum absolute atomic E-state index is 0.286. The fraction of sp³-hybridized carbons (Fsp3) is 0.333. The van der Waals surface area contributed by atoms with Crippen molar-refractivity contribution in [3.63, 3.8) is 0 Å². The Morgan fingerprint density at radius 1 is 1.15 bits per heavy atom. The zero-order valence-electron chi connectivity index (χ0n) is 19.1. The number of hydrogen-bond donors (Lipinski definition) is 5. The first-order valence-corrected chi connectivity index (χ1v) is 11.0. The molecule has 0 fully saturated rings. The third-order valence-corrected chi connectivity index (χ3v) is 5.34. The highest BCUT2D eigenvalue weighted by Gasteiger charge is 2.20. The minimum atomic E-state index is -1.10. The molecule has 0 spiro atoms. The molecule has 0 saturated carbocycles. The van der Waals surface area contributed by atoms with Crippen LogP contribution >= 0.6 is 0 Å². The van der Waals surface area contributed by atoms with Gasteiger partial charge in [0.15, 0.2) is 0 Å². The van der Waals surface area contributed by atoms with E-state index in [2.05, 4.69) is 48.4 Å². The maximum Gasteiger partial charge on any atom is 0.256 e. The van der Waals surface area contributed by atoms with E-state index in [0.717, 1.165) is 25.2 Å². The predicted octanol–water partition coefficient (Wildman–Crippen LogP) is 2.98. The monoisotopic (exact) mass is 447 g/mol. The summed E-state index contributed by atoms with van der Waals surface area (Å²) in [6, 6.07) is 11.5. The molecule has 0 aliphatic carbocycles. The van der Waals surface area contributed by atoms with Crippen LogP contribution in [0.2, 0.25) is 0 Å². The minimum Gasteiger partial charge on any atom is -0.384 e. The number of pyridine rings is 1. The number of aliphatic hydroxyl groups is 1. The fourth-order valence-corrected chi connectivity index (χ4v) is 3.61. The van der Waals surface area contributed by atoms with Crippen molar-refractivity contribution in [3.8, 4) is 0 Å². The number of amides is 1. The number of nitrogens with zero attached hydrogens (tertiary/aromatic N) is 3. The van der Waals surface area contributed by atoms with Crippen LogP contribution in [0.3, 0.4) is 0 Å². The SMILES string of the molecule is CCNC(=O)c1cnc(Nc2ccc3c(c2)CCNC3)nc1Nc1cccc(C(C)(C)O)n1. The van der Waals surface area contributed by atoms with Gasteiger partial charge in [-0.15, -0.1) is 0 Å². The predicted molar refractivity (Wildman–Crippen MR) is 128 cm³/mol.